The van der Waals surface area contributed by atoms with E-state index < -0.39 is 0 Å². The molecule has 5 nitrogen and oxygen atoms in total. The van der Waals surface area contributed by atoms with Crippen LogP contribution in [0.15, 0.2) is 36.5 Å². The van der Waals surface area contributed by atoms with Gasteiger partial charge in [0.05, 0.1) is 12.7 Å². The molecule has 0 atom stereocenters. The molecule has 0 aliphatic rings. The fraction of sp³-hybridized carbons (Fsp3) is 0.250. The van der Waals surface area contributed by atoms with Crippen LogP contribution in [-0.4, -0.2) is 26.7 Å². The van der Waals surface area contributed by atoms with Gasteiger partial charge < -0.3 is 5.32 Å². The van der Waals surface area contributed by atoms with Crippen molar-refractivity contribution in [2.75, 3.05) is 11.1 Å². The molecule has 0 fully saturated rings. The molecule has 0 spiro atoms. The van der Waals surface area contributed by atoms with E-state index >= 15 is 0 Å². The molecule has 1 aromatic heterocycles. The Hall–Kier alpha value is -1.82. The Balaban J connectivity index is 1.96. The second-order valence-electron chi connectivity index (χ2n) is 3.81. The van der Waals surface area contributed by atoms with Gasteiger partial charge in [-0.05, 0) is 11.3 Å². The van der Waals surface area contributed by atoms with Gasteiger partial charge in [0.25, 0.3) is 0 Å². The molecule has 1 heterocycles. The van der Waals surface area contributed by atoms with Crippen LogP contribution >= 0.6 is 12.6 Å². The van der Waals surface area contributed by atoms with Crippen molar-refractivity contribution in [1.82, 2.24) is 15.0 Å². The average molecular weight is 262 g/mol. The fourth-order valence-electron chi connectivity index (χ4n) is 1.51. The Morgan fingerprint density at radius 3 is 2.83 bits per heavy atom. The number of anilines is 1. The van der Waals surface area contributed by atoms with E-state index in [1.54, 1.807) is 10.9 Å². The molecule has 0 aliphatic heterocycles. The highest BCUT2D eigenvalue weighted by Gasteiger charge is 2.05. The van der Waals surface area contributed by atoms with Crippen molar-refractivity contribution in [2.24, 2.45) is 0 Å². The van der Waals surface area contributed by atoms with Crippen LogP contribution in [0.25, 0.3) is 0 Å². The summed E-state index contributed by atoms with van der Waals surface area (Å²) in [5, 5.41) is 10.5. The molecule has 94 valence electrons. The number of rotatable bonds is 5. The summed E-state index contributed by atoms with van der Waals surface area (Å²) in [6.45, 7) is 0.635. The first-order valence-corrected chi connectivity index (χ1v) is 6.26. The zero-order valence-corrected chi connectivity index (χ0v) is 10.7. The third kappa shape index (κ3) is 3.59. The van der Waals surface area contributed by atoms with E-state index in [4.69, 9.17) is 0 Å². The van der Waals surface area contributed by atoms with Crippen molar-refractivity contribution in [3.63, 3.8) is 0 Å². The Morgan fingerprint density at radius 1 is 1.33 bits per heavy atom. The molecule has 1 amide bonds. The predicted molar refractivity (Wildman–Crippen MR) is 72.7 cm³/mol. The first-order chi connectivity index (χ1) is 8.78. The highest BCUT2D eigenvalue weighted by Crippen LogP contribution is 2.05. The highest BCUT2D eigenvalue weighted by atomic mass is 32.1. The average Bonchev–Trinajstić information content (AvgIpc) is 2.78. The van der Waals surface area contributed by atoms with Gasteiger partial charge in [-0.25, -0.2) is 4.68 Å². The van der Waals surface area contributed by atoms with Crippen LogP contribution in [0.5, 0.6) is 0 Å². The molecule has 2 aromatic rings. The number of nitrogens with one attached hydrogen (secondary N) is 1. The number of carbonyl (C=O) groups is 1. The van der Waals surface area contributed by atoms with E-state index in [1.165, 1.54) is 0 Å². The second-order valence-corrected chi connectivity index (χ2v) is 4.26. The van der Waals surface area contributed by atoms with Gasteiger partial charge in [-0.3, -0.25) is 4.79 Å². The van der Waals surface area contributed by atoms with Crippen molar-refractivity contribution in [1.29, 1.82) is 0 Å². The molecule has 1 N–H and O–H groups in total. The van der Waals surface area contributed by atoms with Gasteiger partial charge >= 0.3 is 0 Å². The lowest BCUT2D eigenvalue weighted by atomic mass is 10.2. The predicted octanol–water partition coefficient (Wildman–Crippen LogP) is 1.58. The summed E-state index contributed by atoms with van der Waals surface area (Å²) in [7, 11) is 0. The molecule has 0 bridgehead atoms. The summed E-state index contributed by atoms with van der Waals surface area (Å²) in [6, 6.07) is 9.94. The normalized spacial score (nSPS) is 10.3. The van der Waals surface area contributed by atoms with Crippen LogP contribution in [0, 0.1) is 0 Å². The molecule has 0 radical (unpaired) electrons. The number of hydrogen-bond donors (Lipinski definition) is 2. The first-order valence-electron chi connectivity index (χ1n) is 5.62. The molecule has 18 heavy (non-hydrogen) atoms. The molecule has 0 unspecified atom stereocenters. The minimum atomic E-state index is -0.100. The number of carbonyl (C=O) groups excluding carboxylic acids is 1. The van der Waals surface area contributed by atoms with E-state index in [0.717, 1.165) is 5.56 Å². The molecule has 1 aromatic carbocycles. The lowest BCUT2D eigenvalue weighted by Crippen LogP contribution is -2.11. The maximum Gasteiger partial charge on any atom is 0.226 e. The number of amides is 1. The second kappa shape index (κ2) is 6.20. The molecule has 6 heteroatoms. The maximum atomic E-state index is 11.3. The molecular formula is C12H14N4OS. The van der Waals surface area contributed by atoms with Crippen LogP contribution in [0.3, 0.4) is 0 Å². The van der Waals surface area contributed by atoms with Gasteiger partial charge in [0.1, 0.15) is 0 Å². The van der Waals surface area contributed by atoms with Crippen molar-refractivity contribution in [3.05, 3.63) is 42.1 Å². The summed E-state index contributed by atoms with van der Waals surface area (Å²) in [4.78, 5) is 11.3. The minimum Gasteiger partial charge on any atom is -0.308 e. The third-order valence-electron chi connectivity index (χ3n) is 2.33. The zero-order chi connectivity index (χ0) is 12.8. The van der Waals surface area contributed by atoms with Crippen molar-refractivity contribution >= 4 is 24.4 Å². The molecule has 0 aliphatic carbocycles. The quantitative estimate of drug-likeness (QED) is 0.804. The Bertz CT molecular complexity index is 512. The van der Waals surface area contributed by atoms with E-state index in [1.807, 2.05) is 30.3 Å². The van der Waals surface area contributed by atoms with Gasteiger partial charge in [-0.15, -0.1) is 5.10 Å². The summed E-state index contributed by atoms with van der Waals surface area (Å²) in [6.07, 6.45) is 2.08. The number of hydrogen-bond acceptors (Lipinski definition) is 4. The Morgan fingerprint density at radius 2 is 2.11 bits per heavy atom. The third-order valence-corrected chi connectivity index (χ3v) is 2.56. The van der Waals surface area contributed by atoms with Gasteiger partial charge in [0, 0.05) is 6.42 Å². The largest absolute Gasteiger partial charge is 0.308 e. The van der Waals surface area contributed by atoms with Crippen molar-refractivity contribution < 1.29 is 4.79 Å². The lowest BCUT2D eigenvalue weighted by Gasteiger charge is -2.00. The highest BCUT2D eigenvalue weighted by molar-refractivity contribution is 7.80. The first kappa shape index (κ1) is 12.6. The van der Waals surface area contributed by atoms with Crippen LogP contribution in [0.4, 0.5) is 5.82 Å². The standard InChI is InChI=1S/C12H14N4OS/c17-12(6-7-18)13-11-9-16(15-14-11)8-10-4-2-1-3-5-10/h1-5,9,18H,6-8H2,(H,13,17). The summed E-state index contributed by atoms with van der Waals surface area (Å²) in [5.41, 5.74) is 1.13. The smallest absolute Gasteiger partial charge is 0.226 e. The summed E-state index contributed by atoms with van der Waals surface area (Å²) >= 11 is 4.00. The molecular weight excluding hydrogens is 248 g/mol. The SMILES string of the molecule is O=C(CCS)Nc1cn(Cc2ccccc2)nn1. The van der Waals surface area contributed by atoms with Gasteiger partial charge in [0.2, 0.25) is 5.91 Å². The molecule has 2 rings (SSSR count). The molecule has 0 saturated heterocycles. The summed E-state index contributed by atoms with van der Waals surface area (Å²) < 4.78 is 1.69. The van der Waals surface area contributed by atoms with Crippen molar-refractivity contribution in [2.45, 2.75) is 13.0 Å². The van der Waals surface area contributed by atoms with Crippen molar-refractivity contribution in [3.8, 4) is 0 Å². The van der Waals surface area contributed by atoms with Crippen LogP contribution in [0.2, 0.25) is 0 Å². The monoisotopic (exact) mass is 262 g/mol. The van der Waals surface area contributed by atoms with Crippen LogP contribution < -0.4 is 5.32 Å². The zero-order valence-electron chi connectivity index (χ0n) is 9.78. The Labute approximate surface area is 111 Å². The van der Waals surface area contributed by atoms with Crippen LogP contribution in [0.1, 0.15) is 12.0 Å². The number of thiol groups is 1. The van der Waals surface area contributed by atoms with Crippen LogP contribution in [-0.2, 0) is 11.3 Å². The minimum absolute atomic E-state index is 0.100. The number of benzene rings is 1. The van der Waals surface area contributed by atoms with Gasteiger partial charge in [0.15, 0.2) is 5.82 Å². The van der Waals surface area contributed by atoms with Gasteiger partial charge in [-0.1, -0.05) is 35.5 Å². The van der Waals surface area contributed by atoms with E-state index in [9.17, 15) is 4.79 Å². The topological polar surface area (TPSA) is 59.8 Å². The summed E-state index contributed by atoms with van der Waals surface area (Å²) in [5.74, 6) is 0.888. The van der Waals surface area contributed by atoms with Gasteiger partial charge in [-0.2, -0.15) is 12.6 Å². The lowest BCUT2D eigenvalue weighted by molar-refractivity contribution is -0.115. The van der Waals surface area contributed by atoms with E-state index in [-0.39, 0.29) is 5.91 Å². The maximum absolute atomic E-state index is 11.3. The Kier molecular flexibility index (Phi) is 4.35. The molecule has 0 saturated carbocycles. The van der Waals surface area contributed by atoms with E-state index in [2.05, 4.69) is 28.3 Å². The fourth-order valence-corrected chi connectivity index (χ4v) is 1.71. The number of nitrogens with zero attached hydrogens (tertiary/aromatic N) is 3. The number of aromatic nitrogens is 3. The van der Waals surface area contributed by atoms with E-state index in [0.29, 0.717) is 24.5 Å².